The molecule has 0 saturated carbocycles. The van der Waals surface area contributed by atoms with Crippen LogP contribution in [0, 0.1) is 0 Å². The van der Waals surface area contributed by atoms with Gasteiger partial charge in [0.2, 0.25) is 0 Å². The second kappa shape index (κ2) is 4.18. The van der Waals surface area contributed by atoms with E-state index in [4.69, 9.17) is 14.9 Å². The number of aryl methyl sites for hydroxylation is 1. The monoisotopic (exact) mass is 207 g/mol. The summed E-state index contributed by atoms with van der Waals surface area (Å²) in [5.74, 6) is 1.32. The molecule has 2 aromatic heterocycles. The second-order valence-electron chi connectivity index (χ2n) is 3.26. The third-order valence-electron chi connectivity index (χ3n) is 2.07. The standard InChI is InChI=1S/C10H13N3O2/c1-13-8(5-10(11)12-13)6-14-7-9-3-2-4-15-9/h2-5H,6-7H2,1H3,(H2,11,12). The van der Waals surface area contributed by atoms with Gasteiger partial charge in [-0.05, 0) is 12.1 Å². The molecule has 0 aliphatic heterocycles. The molecule has 0 unspecified atom stereocenters. The molecule has 0 aliphatic carbocycles. The van der Waals surface area contributed by atoms with Crippen molar-refractivity contribution in [1.29, 1.82) is 0 Å². The molecule has 0 spiro atoms. The van der Waals surface area contributed by atoms with Gasteiger partial charge in [-0.1, -0.05) is 0 Å². The second-order valence-corrected chi connectivity index (χ2v) is 3.26. The fourth-order valence-electron chi connectivity index (χ4n) is 1.32. The van der Waals surface area contributed by atoms with Crippen molar-refractivity contribution in [3.05, 3.63) is 35.9 Å². The van der Waals surface area contributed by atoms with Crippen molar-refractivity contribution in [3.8, 4) is 0 Å². The Kier molecular flexibility index (Phi) is 2.73. The Morgan fingerprint density at radius 1 is 1.53 bits per heavy atom. The van der Waals surface area contributed by atoms with Crippen LogP contribution in [0.15, 0.2) is 28.9 Å². The number of nitrogen functional groups attached to an aromatic ring is 1. The van der Waals surface area contributed by atoms with E-state index in [0.29, 0.717) is 19.0 Å². The summed E-state index contributed by atoms with van der Waals surface area (Å²) in [4.78, 5) is 0. The molecule has 5 nitrogen and oxygen atoms in total. The van der Waals surface area contributed by atoms with Crippen molar-refractivity contribution >= 4 is 5.82 Å². The summed E-state index contributed by atoms with van der Waals surface area (Å²) >= 11 is 0. The molecule has 2 rings (SSSR count). The van der Waals surface area contributed by atoms with Crippen molar-refractivity contribution in [1.82, 2.24) is 9.78 Å². The molecule has 15 heavy (non-hydrogen) atoms. The highest BCUT2D eigenvalue weighted by atomic mass is 16.5. The van der Waals surface area contributed by atoms with Crippen LogP contribution in [0.1, 0.15) is 11.5 Å². The van der Waals surface area contributed by atoms with Crippen LogP contribution in [0.4, 0.5) is 5.82 Å². The normalized spacial score (nSPS) is 10.7. The maximum Gasteiger partial charge on any atom is 0.145 e. The molecular formula is C10H13N3O2. The highest BCUT2D eigenvalue weighted by molar-refractivity contribution is 5.28. The van der Waals surface area contributed by atoms with Crippen molar-refractivity contribution in [2.45, 2.75) is 13.2 Å². The summed E-state index contributed by atoms with van der Waals surface area (Å²) in [6.45, 7) is 0.930. The number of furan rings is 1. The van der Waals surface area contributed by atoms with E-state index in [1.165, 1.54) is 0 Å². The van der Waals surface area contributed by atoms with Crippen molar-refractivity contribution < 1.29 is 9.15 Å². The van der Waals surface area contributed by atoms with E-state index >= 15 is 0 Å². The van der Waals surface area contributed by atoms with Gasteiger partial charge in [0.15, 0.2) is 0 Å². The Labute approximate surface area is 87.4 Å². The van der Waals surface area contributed by atoms with Crippen molar-refractivity contribution in [3.63, 3.8) is 0 Å². The molecule has 0 atom stereocenters. The Hall–Kier alpha value is -1.75. The number of nitrogens with zero attached hydrogens (tertiary/aromatic N) is 2. The van der Waals surface area contributed by atoms with E-state index in [2.05, 4.69) is 5.10 Å². The molecule has 2 heterocycles. The van der Waals surface area contributed by atoms with Crippen molar-refractivity contribution in [2.75, 3.05) is 5.73 Å². The number of nitrogens with two attached hydrogens (primary N) is 1. The van der Waals surface area contributed by atoms with E-state index in [0.717, 1.165) is 11.5 Å². The van der Waals surface area contributed by atoms with Crippen LogP contribution >= 0.6 is 0 Å². The van der Waals surface area contributed by atoms with Crippen LogP contribution in [0.5, 0.6) is 0 Å². The molecule has 0 radical (unpaired) electrons. The van der Waals surface area contributed by atoms with Crippen LogP contribution in [-0.2, 0) is 25.0 Å². The topological polar surface area (TPSA) is 66.2 Å². The van der Waals surface area contributed by atoms with Gasteiger partial charge in [-0.25, -0.2) is 0 Å². The Morgan fingerprint density at radius 2 is 2.40 bits per heavy atom. The first-order chi connectivity index (χ1) is 7.25. The van der Waals surface area contributed by atoms with Crippen LogP contribution < -0.4 is 5.73 Å². The summed E-state index contributed by atoms with van der Waals surface area (Å²) in [5, 5.41) is 4.02. The molecular weight excluding hydrogens is 194 g/mol. The number of hydrogen-bond acceptors (Lipinski definition) is 4. The van der Waals surface area contributed by atoms with E-state index in [1.807, 2.05) is 19.2 Å². The fraction of sp³-hybridized carbons (Fsp3) is 0.300. The Bertz CT molecular complexity index is 420. The molecule has 0 aliphatic rings. The zero-order chi connectivity index (χ0) is 10.7. The number of hydrogen-bond donors (Lipinski definition) is 1. The zero-order valence-corrected chi connectivity index (χ0v) is 8.51. The number of rotatable bonds is 4. The molecule has 0 saturated heterocycles. The van der Waals surface area contributed by atoms with E-state index in [1.54, 1.807) is 17.0 Å². The van der Waals surface area contributed by atoms with E-state index in [9.17, 15) is 0 Å². The summed E-state index contributed by atoms with van der Waals surface area (Å²) in [5.41, 5.74) is 6.48. The summed E-state index contributed by atoms with van der Waals surface area (Å²) in [6, 6.07) is 5.50. The number of anilines is 1. The predicted octanol–water partition coefficient (Wildman–Crippen LogP) is 1.31. The van der Waals surface area contributed by atoms with Crippen LogP contribution in [0.3, 0.4) is 0 Å². The van der Waals surface area contributed by atoms with Gasteiger partial charge in [-0.3, -0.25) is 4.68 Å². The quantitative estimate of drug-likeness (QED) is 0.820. The first-order valence-corrected chi connectivity index (χ1v) is 4.64. The molecule has 0 bridgehead atoms. The van der Waals surface area contributed by atoms with Gasteiger partial charge in [0, 0.05) is 13.1 Å². The van der Waals surface area contributed by atoms with E-state index in [-0.39, 0.29) is 0 Å². The molecule has 0 amide bonds. The lowest BCUT2D eigenvalue weighted by molar-refractivity contribution is 0.0884. The number of aromatic nitrogens is 2. The third kappa shape index (κ3) is 2.38. The number of ether oxygens (including phenoxy) is 1. The third-order valence-corrected chi connectivity index (χ3v) is 2.07. The molecule has 5 heteroatoms. The SMILES string of the molecule is Cn1nc(N)cc1COCc1ccco1. The van der Waals surface area contributed by atoms with Gasteiger partial charge >= 0.3 is 0 Å². The molecule has 2 N–H and O–H groups in total. The fourth-order valence-corrected chi connectivity index (χ4v) is 1.32. The highest BCUT2D eigenvalue weighted by Crippen LogP contribution is 2.08. The molecule has 0 aromatic carbocycles. The molecule has 0 fully saturated rings. The maximum atomic E-state index is 5.54. The lowest BCUT2D eigenvalue weighted by Crippen LogP contribution is -2.01. The Balaban J connectivity index is 1.86. The van der Waals surface area contributed by atoms with Crippen LogP contribution in [0.25, 0.3) is 0 Å². The largest absolute Gasteiger partial charge is 0.467 e. The smallest absolute Gasteiger partial charge is 0.145 e. The zero-order valence-electron chi connectivity index (χ0n) is 8.51. The average Bonchev–Trinajstić information content (AvgIpc) is 2.77. The van der Waals surface area contributed by atoms with Gasteiger partial charge in [0.05, 0.1) is 18.6 Å². The van der Waals surface area contributed by atoms with Crippen LogP contribution in [0.2, 0.25) is 0 Å². The van der Waals surface area contributed by atoms with Gasteiger partial charge in [0.25, 0.3) is 0 Å². The minimum Gasteiger partial charge on any atom is -0.467 e. The Morgan fingerprint density at radius 3 is 3.00 bits per heavy atom. The molecule has 80 valence electrons. The maximum absolute atomic E-state index is 5.54. The van der Waals surface area contributed by atoms with Crippen molar-refractivity contribution in [2.24, 2.45) is 7.05 Å². The molecule has 2 aromatic rings. The first kappa shape index (κ1) is 9.79. The van der Waals surface area contributed by atoms with Crippen LogP contribution in [-0.4, -0.2) is 9.78 Å². The minimum atomic E-state index is 0.456. The lowest BCUT2D eigenvalue weighted by Gasteiger charge is -2.02. The van der Waals surface area contributed by atoms with E-state index < -0.39 is 0 Å². The van der Waals surface area contributed by atoms with Gasteiger partial charge in [0.1, 0.15) is 18.2 Å². The predicted molar refractivity (Wildman–Crippen MR) is 54.8 cm³/mol. The van der Waals surface area contributed by atoms with Gasteiger partial charge in [-0.15, -0.1) is 0 Å². The highest BCUT2D eigenvalue weighted by Gasteiger charge is 2.03. The minimum absolute atomic E-state index is 0.456. The summed E-state index contributed by atoms with van der Waals surface area (Å²) in [6.07, 6.45) is 1.63. The van der Waals surface area contributed by atoms with Gasteiger partial charge in [-0.2, -0.15) is 5.10 Å². The summed E-state index contributed by atoms with van der Waals surface area (Å²) < 4.78 is 12.3. The average molecular weight is 207 g/mol. The van der Waals surface area contributed by atoms with Gasteiger partial charge < -0.3 is 14.9 Å². The first-order valence-electron chi connectivity index (χ1n) is 4.64. The summed E-state index contributed by atoms with van der Waals surface area (Å²) in [7, 11) is 1.84. The lowest BCUT2D eigenvalue weighted by atomic mass is 10.4.